The second-order valence-electron chi connectivity index (χ2n) is 9.74. The number of likely N-dealkylation sites (tertiary alicyclic amines) is 1. The van der Waals surface area contributed by atoms with Crippen LogP contribution in [-0.2, 0) is 14.3 Å². The van der Waals surface area contributed by atoms with Crippen LogP contribution in [0.25, 0.3) is 11.2 Å². The molecule has 3 aliphatic rings. The van der Waals surface area contributed by atoms with Gasteiger partial charge in [-0.25, -0.2) is 9.97 Å². The Morgan fingerprint density at radius 2 is 1.74 bits per heavy atom. The lowest BCUT2D eigenvalue weighted by atomic mass is 9.78. The molecule has 1 N–H and O–H groups in total. The Balaban J connectivity index is 1.18. The van der Waals surface area contributed by atoms with E-state index in [-0.39, 0.29) is 24.7 Å². The molecular weight excluding hydrogens is 449 g/mol. The summed E-state index contributed by atoms with van der Waals surface area (Å²) in [6, 6.07) is 2.05. The van der Waals surface area contributed by atoms with Crippen LogP contribution in [0.3, 0.4) is 0 Å². The zero-order chi connectivity index (χ0) is 23.7. The number of fused-ring (bicyclic) bond motifs is 1. The number of pyridine rings is 1. The van der Waals surface area contributed by atoms with Crippen molar-refractivity contribution in [3.63, 3.8) is 0 Å². The van der Waals surface area contributed by atoms with E-state index >= 15 is 0 Å². The molecule has 1 amide bonds. The van der Waals surface area contributed by atoms with Crippen molar-refractivity contribution >= 4 is 17.1 Å². The lowest BCUT2D eigenvalue weighted by Gasteiger charge is -2.36. The van der Waals surface area contributed by atoms with E-state index in [4.69, 9.17) is 9.72 Å². The standard InChI is InChI=1S/C24H31F3N4O3/c25-24(26,27)34-18-6-11-31(12-7-18)23(32)17-3-1-15(2-4-17)19-5-10-28-22-20(19)29-21(30-22)16-8-13-33-14-9-16/h5,10,15-18H,1-4,6-9,11-14H2,(H,28,29,30)/t15-,17-. The number of carbonyl (C=O) groups excluding carboxylic acids is 1. The Bertz CT molecular complexity index is 989. The molecule has 34 heavy (non-hydrogen) atoms. The molecule has 0 atom stereocenters. The van der Waals surface area contributed by atoms with Crippen LogP contribution in [0.1, 0.15) is 74.6 Å². The van der Waals surface area contributed by atoms with Gasteiger partial charge in [-0.15, -0.1) is 13.2 Å². The number of nitrogens with zero attached hydrogens (tertiary/aromatic N) is 3. The normalized spacial score (nSPS) is 25.7. The van der Waals surface area contributed by atoms with Gasteiger partial charge < -0.3 is 14.6 Å². The summed E-state index contributed by atoms with van der Waals surface area (Å²) < 4.78 is 46.9. The number of ether oxygens (including phenoxy) is 2. The van der Waals surface area contributed by atoms with E-state index in [2.05, 4.69) is 20.8 Å². The predicted octanol–water partition coefficient (Wildman–Crippen LogP) is 4.65. The number of hydrogen-bond donors (Lipinski definition) is 1. The first-order valence-electron chi connectivity index (χ1n) is 12.3. The first-order valence-corrected chi connectivity index (χ1v) is 12.3. The summed E-state index contributed by atoms with van der Waals surface area (Å²) in [4.78, 5) is 27.6. The molecule has 186 valence electrons. The summed E-state index contributed by atoms with van der Waals surface area (Å²) in [5, 5.41) is 0. The summed E-state index contributed by atoms with van der Waals surface area (Å²) >= 11 is 0. The topological polar surface area (TPSA) is 80.3 Å². The number of H-pyrrole nitrogens is 1. The van der Waals surface area contributed by atoms with Gasteiger partial charge in [-0.2, -0.15) is 0 Å². The largest absolute Gasteiger partial charge is 0.522 e. The van der Waals surface area contributed by atoms with Crippen molar-refractivity contribution < 1.29 is 27.4 Å². The van der Waals surface area contributed by atoms with Crippen LogP contribution in [-0.4, -0.2) is 64.5 Å². The van der Waals surface area contributed by atoms with Gasteiger partial charge in [0, 0.05) is 44.3 Å². The molecule has 5 rings (SSSR count). The maximum Gasteiger partial charge on any atom is 0.522 e. The van der Waals surface area contributed by atoms with Crippen LogP contribution in [0.15, 0.2) is 12.3 Å². The van der Waals surface area contributed by atoms with Crippen molar-refractivity contribution in [2.75, 3.05) is 26.3 Å². The molecule has 10 heteroatoms. The van der Waals surface area contributed by atoms with Crippen molar-refractivity contribution in [2.45, 2.75) is 75.7 Å². The monoisotopic (exact) mass is 480 g/mol. The molecule has 7 nitrogen and oxygen atoms in total. The fraction of sp³-hybridized carbons (Fsp3) is 0.708. The molecule has 0 radical (unpaired) electrons. The average molecular weight is 481 g/mol. The van der Waals surface area contributed by atoms with Gasteiger partial charge >= 0.3 is 6.36 Å². The zero-order valence-electron chi connectivity index (χ0n) is 19.1. The van der Waals surface area contributed by atoms with Gasteiger partial charge in [0.15, 0.2) is 5.65 Å². The van der Waals surface area contributed by atoms with E-state index < -0.39 is 12.5 Å². The van der Waals surface area contributed by atoms with E-state index in [1.165, 1.54) is 5.56 Å². The molecule has 0 spiro atoms. The summed E-state index contributed by atoms with van der Waals surface area (Å²) in [6.45, 7) is 2.17. The third-order valence-electron chi connectivity index (χ3n) is 7.61. The zero-order valence-corrected chi connectivity index (χ0v) is 19.1. The fourth-order valence-corrected chi connectivity index (χ4v) is 5.73. The number of hydrogen-bond acceptors (Lipinski definition) is 5. The molecule has 1 saturated carbocycles. The van der Waals surface area contributed by atoms with Crippen molar-refractivity contribution in [3.05, 3.63) is 23.7 Å². The minimum Gasteiger partial charge on any atom is -0.381 e. The molecule has 1 aliphatic carbocycles. The van der Waals surface area contributed by atoms with Crippen LogP contribution >= 0.6 is 0 Å². The lowest BCUT2D eigenvalue weighted by molar-refractivity contribution is -0.345. The van der Waals surface area contributed by atoms with Crippen LogP contribution in [0, 0.1) is 5.92 Å². The summed E-state index contributed by atoms with van der Waals surface area (Å²) in [7, 11) is 0. The minimum absolute atomic E-state index is 0.0642. The van der Waals surface area contributed by atoms with E-state index in [0.717, 1.165) is 68.7 Å². The average Bonchev–Trinajstić information content (AvgIpc) is 3.28. The fourth-order valence-electron chi connectivity index (χ4n) is 5.73. The van der Waals surface area contributed by atoms with Crippen LogP contribution in [0.2, 0.25) is 0 Å². The van der Waals surface area contributed by atoms with Gasteiger partial charge in [0.1, 0.15) is 11.3 Å². The number of nitrogens with one attached hydrogen (secondary N) is 1. The quantitative estimate of drug-likeness (QED) is 0.689. The lowest BCUT2D eigenvalue weighted by Crippen LogP contribution is -2.45. The maximum absolute atomic E-state index is 13.0. The third kappa shape index (κ3) is 5.22. The third-order valence-corrected chi connectivity index (χ3v) is 7.61. The number of imidazole rings is 1. The molecule has 3 fully saturated rings. The molecular formula is C24H31F3N4O3. The predicted molar refractivity (Wildman–Crippen MR) is 118 cm³/mol. The van der Waals surface area contributed by atoms with Crippen LogP contribution in [0.4, 0.5) is 13.2 Å². The summed E-state index contributed by atoms with van der Waals surface area (Å²) in [5.74, 6) is 1.69. The SMILES string of the molecule is O=C([C@H]1CC[C@H](c2ccnc3[nH]c(C4CCOCC4)nc32)CC1)N1CCC(OC(F)(F)F)CC1. The smallest absolute Gasteiger partial charge is 0.381 e. The molecule has 2 aromatic rings. The van der Waals surface area contributed by atoms with E-state index in [9.17, 15) is 18.0 Å². The van der Waals surface area contributed by atoms with Gasteiger partial charge in [-0.05, 0) is 68.9 Å². The highest BCUT2D eigenvalue weighted by Crippen LogP contribution is 2.39. The highest BCUT2D eigenvalue weighted by atomic mass is 19.4. The van der Waals surface area contributed by atoms with Gasteiger partial charge in [0.05, 0.1) is 6.10 Å². The first-order chi connectivity index (χ1) is 16.4. The summed E-state index contributed by atoms with van der Waals surface area (Å²) in [5.41, 5.74) is 2.95. The van der Waals surface area contributed by atoms with Crippen LogP contribution < -0.4 is 0 Å². The van der Waals surface area contributed by atoms with Gasteiger partial charge in [0.2, 0.25) is 5.91 Å². The molecule has 2 aliphatic heterocycles. The Labute approximate surface area is 196 Å². The van der Waals surface area contributed by atoms with Crippen molar-refractivity contribution in [3.8, 4) is 0 Å². The number of piperidine rings is 1. The van der Waals surface area contributed by atoms with Gasteiger partial charge in [-0.1, -0.05) is 0 Å². The number of amides is 1. The van der Waals surface area contributed by atoms with E-state index in [1.54, 1.807) is 4.90 Å². The van der Waals surface area contributed by atoms with Crippen molar-refractivity contribution in [1.82, 2.24) is 19.9 Å². The van der Waals surface area contributed by atoms with Gasteiger partial charge in [-0.3, -0.25) is 9.53 Å². The highest BCUT2D eigenvalue weighted by Gasteiger charge is 2.37. The van der Waals surface area contributed by atoms with Crippen molar-refractivity contribution in [1.29, 1.82) is 0 Å². The molecule has 2 saturated heterocycles. The second-order valence-corrected chi connectivity index (χ2v) is 9.74. The Kier molecular flexibility index (Phi) is 6.79. The summed E-state index contributed by atoms with van der Waals surface area (Å²) in [6.07, 6.45) is 2.08. The number of rotatable bonds is 4. The maximum atomic E-state index is 13.0. The minimum atomic E-state index is -4.62. The number of carbonyl (C=O) groups is 1. The van der Waals surface area contributed by atoms with Crippen LogP contribution in [0.5, 0.6) is 0 Å². The molecule has 0 unspecified atom stereocenters. The number of aromatic amines is 1. The van der Waals surface area contributed by atoms with Crippen molar-refractivity contribution in [2.24, 2.45) is 5.92 Å². The molecule has 0 bridgehead atoms. The number of alkyl halides is 3. The molecule has 4 heterocycles. The molecule has 2 aromatic heterocycles. The number of halogens is 3. The van der Waals surface area contributed by atoms with Gasteiger partial charge in [0.25, 0.3) is 0 Å². The first kappa shape index (κ1) is 23.5. The highest BCUT2D eigenvalue weighted by molar-refractivity contribution is 5.79. The van der Waals surface area contributed by atoms with E-state index in [1.807, 2.05) is 6.20 Å². The Morgan fingerprint density at radius 3 is 2.41 bits per heavy atom. The Morgan fingerprint density at radius 1 is 1.03 bits per heavy atom. The molecule has 0 aromatic carbocycles. The number of aromatic nitrogens is 3. The second kappa shape index (κ2) is 9.81. The van der Waals surface area contributed by atoms with E-state index in [0.29, 0.717) is 24.9 Å². The Hall–Kier alpha value is -2.20.